The number of esters is 1. The van der Waals surface area contributed by atoms with E-state index >= 15 is 0 Å². The summed E-state index contributed by atoms with van der Waals surface area (Å²) in [6.07, 6.45) is 12.5. The lowest BCUT2D eigenvalue weighted by atomic mass is 10.0. The van der Waals surface area contributed by atoms with Crippen LogP contribution in [-0.4, -0.2) is 54.7 Å². The molecular weight excluding hydrogens is 504 g/mol. The summed E-state index contributed by atoms with van der Waals surface area (Å²) in [6, 6.07) is 15.0. The Balaban J connectivity index is 0.000000281. The number of unbranched alkanes of at least 4 members (excludes halogenated alkanes) is 5. The Labute approximate surface area is 241 Å². The van der Waals surface area contributed by atoms with Crippen molar-refractivity contribution in [3.8, 4) is 11.5 Å². The molecule has 1 unspecified atom stereocenters. The largest absolute Gasteiger partial charge is 0.504 e. The molecule has 2 aromatic carbocycles. The van der Waals surface area contributed by atoms with Gasteiger partial charge in [0.05, 0.1) is 19.3 Å². The third-order valence-corrected chi connectivity index (χ3v) is 7.26. The fraction of sp³-hybridized carbons (Fsp3) is 0.576. The molecule has 3 rings (SSSR count). The third-order valence-electron chi connectivity index (χ3n) is 7.26. The number of nitrogens with one attached hydrogen (secondary N) is 1. The van der Waals surface area contributed by atoms with E-state index in [1.165, 1.54) is 58.6 Å². The van der Waals surface area contributed by atoms with Crippen LogP contribution in [0.15, 0.2) is 48.5 Å². The average Bonchev–Trinajstić information content (AvgIpc) is 2.98. The molecule has 0 bridgehead atoms. The van der Waals surface area contributed by atoms with E-state index < -0.39 is 0 Å². The average molecular weight is 555 g/mol. The summed E-state index contributed by atoms with van der Waals surface area (Å²) in [5.74, 6) is 0.405. The molecule has 1 amide bonds. The smallest absolute Gasteiger partial charge is 0.338 e. The third kappa shape index (κ3) is 13.3. The van der Waals surface area contributed by atoms with Crippen LogP contribution in [0.1, 0.15) is 100 Å². The number of phenols is 1. The number of nitrogens with zero attached hydrogens (tertiary/aromatic N) is 1. The molecule has 0 spiro atoms. The first-order chi connectivity index (χ1) is 19.4. The van der Waals surface area contributed by atoms with Crippen LogP contribution in [0, 0.1) is 0 Å². The minimum Gasteiger partial charge on any atom is -0.504 e. The molecule has 1 fully saturated rings. The Hall–Kier alpha value is -3.06. The molecule has 0 radical (unpaired) electrons. The predicted octanol–water partition coefficient (Wildman–Crippen LogP) is 6.88. The summed E-state index contributed by atoms with van der Waals surface area (Å²) in [7, 11) is 1.51. The van der Waals surface area contributed by atoms with Crippen molar-refractivity contribution in [1.82, 2.24) is 10.2 Å². The van der Waals surface area contributed by atoms with Gasteiger partial charge in [-0.15, -0.1) is 0 Å². The lowest BCUT2D eigenvalue weighted by Gasteiger charge is -2.33. The zero-order valence-electron chi connectivity index (χ0n) is 24.8. The SMILES string of the molecule is CC1CCCCN1CCCOC(=O)c1ccccc1.CCCCCCCCC(=O)NCc1ccc(O)c(OC)c1. The normalized spacial score (nSPS) is 15.0. The van der Waals surface area contributed by atoms with Crippen molar-refractivity contribution >= 4 is 11.9 Å². The topological polar surface area (TPSA) is 88.1 Å². The molecule has 0 saturated carbocycles. The number of benzene rings is 2. The second-order valence-corrected chi connectivity index (χ2v) is 10.5. The van der Waals surface area contributed by atoms with E-state index in [1.807, 2.05) is 18.2 Å². The second-order valence-electron chi connectivity index (χ2n) is 10.5. The zero-order chi connectivity index (χ0) is 29.0. The van der Waals surface area contributed by atoms with Gasteiger partial charge in [-0.25, -0.2) is 4.79 Å². The molecule has 1 aliphatic rings. The number of carbonyl (C=O) groups is 2. The van der Waals surface area contributed by atoms with E-state index in [1.54, 1.807) is 30.3 Å². The van der Waals surface area contributed by atoms with Crippen LogP contribution < -0.4 is 10.1 Å². The maximum atomic E-state index is 11.7. The van der Waals surface area contributed by atoms with Crippen LogP contribution in [0.4, 0.5) is 0 Å². The van der Waals surface area contributed by atoms with Gasteiger partial charge in [0.25, 0.3) is 0 Å². The maximum Gasteiger partial charge on any atom is 0.338 e. The Morgan fingerprint density at radius 1 is 1.00 bits per heavy atom. The van der Waals surface area contributed by atoms with E-state index in [-0.39, 0.29) is 17.6 Å². The monoisotopic (exact) mass is 554 g/mol. The number of amides is 1. The van der Waals surface area contributed by atoms with Crippen LogP contribution in [0.25, 0.3) is 0 Å². The van der Waals surface area contributed by atoms with Gasteiger partial charge in [0.15, 0.2) is 11.5 Å². The fourth-order valence-electron chi connectivity index (χ4n) is 4.77. The van der Waals surface area contributed by atoms with Crippen LogP contribution >= 0.6 is 0 Å². The van der Waals surface area contributed by atoms with Crippen molar-refractivity contribution in [2.45, 2.75) is 97.1 Å². The Morgan fingerprint density at radius 2 is 1.75 bits per heavy atom. The first-order valence-electron chi connectivity index (χ1n) is 15.0. The van der Waals surface area contributed by atoms with Gasteiger partial charge in [-0.2, -0.15) is 0 Å². The molecule has 1 saturated heterocycles. The molecule has 2 N–H and O–H groups in total. The predicted molar refractivity (Wildman–Crippen MR) is 161 cm³/mol. The van der Waals surface area contributed by atoms with Crippen LogP contribution in [0.2, 0.25) is 0 Å². The Bertz CT molecular complexity index is 982. The van der Waals surface area contributed by atoms with Gasteiger partial charge >= 0.3 is 5.97 Å². The summed E-state index contributed by atoms with van der Waals surface area (Å²) in [4.78, 5) is 26.0. The van der Waals surface area contributed by atoms with Gasteiger partial charge in [-0.3, -0.25) is 4.79 Å². The van der Waals surface area contributed by atoms with Gasteiger partial charge in [-0.1, -0.05) is 69.7 Å². The summed E-state index contributed by atoms with van der Waals surface area (Å²) < 4.78 is 10.3. The van der Waals surface area contributed by atoms with E-state index in [0.717, 1.165) is 31.4 Å². The minimum absolute atomic E-state index is 0.0810. The van der Waals surface area contributed by atoms with E-state index in [2.05, 4.69) is 24.1 Å². The lowest BCUT2D eigenvalue weighted by Crippen LogP contribution is -2.38. The molecule has 1 atom stereocenters. The minimum atomic E-state index is -0.215. The van der Waals surface area contributed by atoms with E-state index in [0.29, 0.717) is 36.9 Å². The van der Waals surface area contributed by atoms with E-state index in [9.17, 15) is 14.7 Å². The van der Waals surface area contributed by atoms with Gasteiger partial charge in [-0.05, 0) is 69.0 Å². The number of hydrogen-bond donors (Lipinski definition) is 2. The second kappa shape index (κ2) is 19.9. The zero-order valence-corrected chi connectivity index (χ0v) is 24.8. The first kappa shape index (κ1) is 33.1. The van der Waals surface area contributed by atoms with Gasteiger partial charge in [0.2, 0.25) is 5.91 Å². The fourth-order valence-corrected chi connectivity index (χ4v) is 4.77. The van der Waals surface area contributed by atoms with Crippen molar-refractivity contribution in [3.05, 3.63) is 59.7 Å². The standard InChI is InChI=1S/C17H27NO3.C16H23NO2/c1-3-4-5-6-7-8-9-17(20)18-13-14-10-11-15(19)16(12-14)21-2;1-14-8-5-6-11-17(14)12-7-13-19-16(18)15-9-3-2-4-10-15/h10-12,19H,3-9,13H2,1-2H3,(H,18,20);2-4,9-10,14H,5-8,11-13H2,1H3. The van der Waals surface area contributed by atoms with Crippen LogP contribution in [-0.2, 0) is 16.1 Å². The molecule has 7 heteroatoms. The number of ether oxygens (including phenoxy) is 2. The number of likely N-dealkylation sites (tertiary alicyclic amines) is 1. The highest BCUT2D eigenvalue weighted by Crippen LogP contribution is 2.26. The Kier molecular flexibility index (Phi) is 16.5. The van der Waals surface area contributed by atoms with Crippen molar-refractivity contribution in [1.29, 1.82) is 0 Å². The first-order valence-corrected chi connectivity index (χ1v) is 15.0. The molecular formula is C33H50N2O5. The number of piperidine rings is 1. The highest BCUT2D eigenvalue weighted by molar-refractivity contribution is 5.89. The van der Waals surface area contributed by atoms with Crippen molar-refractivity contribution in [2.75, 3.05) is 26.8 Å². The molecule has 0 aliphatic carbocycles. The molecule has 1 heterocycles. The van der Waals surface area contributed by atoms with Crippen molar-refractivity contribution in [2.24, 2.45) is 0 Å². The number of rotatable bonds is 15. The summed E-state index contributed by atoms with van der Waals surface area (Å²) in [6.45, 7) is 7.68. The summed E-state index contributed by atoms with van der Waals surface area (Å²) in [5, 5.41) is 12.4. The number of carbonyl (C=O) groups excluding carboxylic acids is 2. The van der Waals surface area contributed by atoms with E-state index in [4.69, 9.17) is 9.47 Å². The molecule has 2 aromatic rings. The molecule has 222 valence electrons. The van der Waals surface area contributed by atoms with Gasteiger partial charge in [0.1, 0.15) is 0 Å². The number of aromatic hydroxyl groups is 1. The highest BCUT2D eigenvalue weighted by Gasteiger charge is 2.17. The summed E-state index contributed by atoms with van der Waals surface area (Å²) in [5.41, 5.74) is 1.55. The lowest BCUT2D eigenvalue weighted by molar-refractivity contribution is -0.121. The quantitative estimate of drug-likeness (QED) is 0.184. The van der Waals surface area contributed by atoms with Crippen molar-refractivity contribution in [3.63, 3.8) is 0 Å². The number of hydrogen-bond acceptors (Lipinski definition) is 6. The van der Waals surface area contributed by atoms with Crippen LogP contribution in [0.3, 0.4) is 0 Å². The molecule has 1 aliphatic heterocycles. The van der Waals surface area contributed by atoms with Crippen molar-refractivity contribution < 1.29 is 24.2 Å². The summed E-state index contributed by atoms with van der Waals surface area (Å²) >= 11 is 0. The van der Waals surface area contributed by atoms with Gasteiger partial charge in [0, 0.05) is 25.6 Å². The Morgan fingerprint density at radius 3 is 2.48 bits per heavy atom. The van der Waals surface area contributed by atoms with Gasteiger partial charge < -0.3 is 24.8 Å². The molecule has 7 nitrogen and oxygen atoms in total. The van der Waals surface area contributed by atoms with Crippen LogP contribution in [0.5, 0.6) is 11.5 Å². The number of phenolic OH excluding ortho intramolecular Hbond substituents is 1. The molecule has 40 heavy (non-hydrogen) atoms. The maximum absolute atomic E-state index is 11.7. The number of methoxy groups -OCH3 is 1. The molecule has 0 aromatic heterocycles. The highest BCUT2D eigenvalue weighted by atomic mass is 16.5.